The molecule has 0 fully saturated rings. The van der Waals surface area contributed by atoms with Crippen molar-refractivity contribution in [2.24, 2.45) is 0 Å². The van der Waals surface area contributed by atoms with Crippen molar-refractivity contribution < 1.29 is 4.79 Å². The summed E-state index contributed by atoms with van der Waals surface area (Å²) in [5, 5.41) is 6.04. The lowest BCUT2D eigenvalue weighted by molar-refractivity contribution is 0.102. The van der Waals surface area contributed by atoms with E-state index >= 15 is 0 Å². The molecule has 1 aromatic heterocycles. The number of aryl methyl sites for hydroxylation is 1. The Labute approximate surface area is 152 Å². The van der Waals surface area contributed by atoms with Gasteiger partial charge in [0, 0.05) is 23.9 Å². The predicted molar refractivity (Wildman–Crippen MR) is 105 cm³/mol. The van der Waals surface area contributed by atoms with Crippen LogP contribution in [0.15, 0.2) is 73.3 Å². The highest BCUT2D eigenvalue weighted by molar-refractivity contribution is 6.03. The van der Waals surface area contributed by atoms with Gasteiger partial charge in [-0.1, -0.05) is 54.6 Å². The third-order valence-electron chi connectivity index (χ3n) is 3.81. The van der Waals surface area contributed by atoms with Crippen LogP contribution >= 0.6 is 0 Å². The van der Waals surface area contributed by atoms with Gasteiger partial charge in [0.2, 0.25) is 0 Å². The zero-order valence-electron chi connectivity index (χ0n) is 14.6. The number of nitrogens with one attached hydrogen (secondary N) is 2. The van der Waals surface area contributed by atoms with Crippen LogP contribution < -0.4 is 10.6 Å². The van der Waals surface area contributed by atoms with Gasteiger partial charge < -0.3 is 10.6 Å². The summed E-state index contributed by atoms with van der Waals surface area (Å²) in [6, 6.07) is 18.8. The Hall–Kier alpha value is -3.47. The normalized spacial score (nSPS) is 10.2. The largest absolute Gasteiger partial charge is 0.366 e. The second-order valence-electron chi connectivity index (χ2n) is 5.77. The fourth-order valence-corrected chi connectivity index (χ4v) is 2.45. The monoisotopic (exact) mass is 344 g/mol. The molecular formula is C21H20N4O. The van der Waals surface area contributed by atoms with Crippen LogP contribution in [-0.2, 0) is 0 Å². The number of anilines is 2. The first-order valence-corrected chi connectivity index (χ1v) is 8.33. The highest BCUT2D eigenvalue weighted by atomic mass is 16.1. The van der Waals surface area contributed by atoms with Crippen molar-refractivity contribution in [1.82, 2.24) is 9.97 Å². The van der Waals surface area contributed by atoms with Gasteiger partial charge in [-0.25, -0.2) is 9.97 Å². The number of para-hydroxylation sites is 1. The number of carbonyl (C=O) groups is 1. The topological polar surface area (TPSA) is 66.9 Å². The van der Waals surface area contributed by atoms with Crippen LogP contribution in [0.3, 0.4) is 0 Å². The van der Waals surface area contributed by atoms with E-state index < -0.39 is 0 Å². The fourth-order valence-electron chi connectivity index (χ4n) is 2.45. The molecule has 1 amide bonds. The molecule has 130 valence electrons. The van der Waals surface area contributed by atoms with E-state index in [1.54, 1.807) is 12.1 Å². The Morgan fingerprint density at radius 2 is 1.81 bits per heavy atom. The van der Waals surface area contributed by atoms with Crippen LogP contribution in [0.25, 0.3) is 11.4 Å². The molecule has 0 spiro atoms. The second kappa shape index (κ2) is 8.07. The quantitative estimate of drug-likeness (QED) is 0.654. The molecule has 0 aliphatic heterocycles. The first-order chi connectivity index (χ1) is 12.7. The molecule has 0 aliphatic rings. The maximum Gasteiger partial charge on any atom is 0.274 e. The van der Waals surface area contributed by atoms with E-state index in [9.17, 15) is 4.79 Å². The molecule has 5 heteroatoms. The van der Waals surface area contributed by atoms with Crippen LogP contribution in [0.1, 0.15) is 16.1 Å². The molecule has 2 aromatic carbocycles. The van der Waals surface area contributed by atoms with E-state index in [1.165, 1.54) is 0 Å². The van der Waals surface area contributed by atoms with E-state index in [-0.39, 0.29) is 5.91 Å². The number of amides is 1. The lowest BCUT2D eigenvalue weighted by atomic mass is 10.2. The molecule has 0 aliphatic carbocycles. The molecular weight excluding hydrogens is 324 g/mol. The standard InChI is InChI=1S/C21H20N4O/c1-3-13-22-19-14-18(21(26)24-17-12-8-7-9-15(17)2)23-20(25-19)16-10-5-4-6-11-16/h3-12,14H,1,13H2,2H3,(H,24,26)(H,22,23,25). The number of hydrogen-bond acceptors (Lipinski definition) is 4. The van der Waals surface area contributed by atoms with Gasteiger partial charge in [-0.05, 0) is 18.6 Å². The average Bonchev–Trinajstić information content (AvgIpc) is 2.68. The summed E-state index contributed by atoms with van der Waals surface area (Å²) in [5.41, 5.74) is 2.90. The number of carbonyl (C=O) groups excluding carboxylic acids is 1. The molecule has 2 N–H and O–H groups in total. The molecule has 26 heavy (non-hydrogen) atoms. The first kappa shape index (κ1) is 17.4. The molecule has 0 radical (unpaired) electrons. The predicted octanol–water partition coefficient (Wildman–Crippen LogP) is 4.30. The molecule has 0 unspecified atom stereocenters. The van der Waals surface area contributed by atoms with Gasteiger partial charge in [-0.15, -0.1) is 6.58 Å². The van der Waals surface area contributed by atoms with Crippen LogP contribution in [0, 0.1) is 6.92 Å². The second-order valence-corrected chi connectivity index (χ2v) is 5.77. The molecule has 0 atom stereocenters. The van der Waals surface area contributed by atoms with Crippen LogP contribution in [0.4, 0.5) is 11.5 Å². The van der Waals surface area contributed by atoms with Crippen LogP contribution in [0.2, 0.25) is 0 Å². The third kappa shape index (κ3) is 4.13. The summed E-state index contributed by atoms with van der Waals surface area (Å²) in [5.74, 6) is 0.795. The lowest BCUT2D eigenvalue weighted by Gasteiger charge is -2.11. The Morgan fingerprint density at radius 1 is 1.08 bits per heavy atom. The van der Waals surface area contributed by atoms with Gasteiger partial charge in [-0.2, -0.15) is 0 Å². The molecule has 0 saturated heterocycles. The van der Waals surface area contributed by atoms with Crippen molar-refractivity contribution in [3.8, 4) is 11.4 Å². The van der Waals surface area contributed by atoms with Gasteiger partial charge in [0.1, 0.15) is 11.5 Å². The number of aromatic nitrogens is 2. The Morgan fingerprint density at radius 3 is 2.54 bits per heavy atom. The fraction of sp³-hybridized carbons (Fsp3) is 0.0952. The van der Waals surface area contributed by atoms with Gasteiger partial charge in [0.15, 0.2) is 5.82 Å². The maximum atomic E-state index is 12.7. The highest BCUT2D eigenvalue weighted by Gasteiger charge is 2.14. The number of benzene rings is 2. The van der Waals surface area contributed by atoms with Crippen molar-refractivity contribution in [2.75, 3.05) is 17.2 Å². The minimum atomic E-state index is -0.277. The smallest absolute Gasteiger partial charge is 0.274 e. The zero-order valence-corrected chi connectivity index (χ0v) is 14.6. The molecule has 3 aromatic rings. The third-order valence-corrected chi connectivity index (χ3v) is 3.81. The lowest BCUT2D eigenvalue weighted by Crippen LogP contribution is -2.16. The van der Waals surface area contributed by atoms with Crippen LogP contribution in [-0.4, -0.2) is 22.4 Å². The van der Waals surface area contributed by atoms with E-state index in [0.717, 1.165) is 16.8 Å². The maximum absolute atomic E-state index is 12.7. The van der Waals surface area contributed by atoms with E-state index in [4.69, 9.17) is 0 Å². The zero-order chi connectivity index (χ0) is 18.4. The van der Waals surface area contributed by atoms with Crippen molar-refractivity contribution >= 4 is 17.4 Å². The number of hydrogen-bond donors (Lipinski definition) is 2. The highest BCUT2D eigenvalue weighted by Crippen LogP contribution is 2.19. The Kier molecular flexibility index (Phi) is 5.39. The molecule has 0 saturated carbocycles. The summed E-state index contributed by atoms with van der Waals surface area (Å²) < 4.78 is 0. The van der Waals surface area contributed by atoms with Crippen LogP contribution in [0.5, 0.6) is 0 Å². The average molecular weight is 344 g/mol. The minimum absolute atomic E-state index is 0.277. The van der Waals surface area contributed by atoms with Crippen molar-refractivity contribution in [1.29, 1.82) is 0 Å². The Bertz CT molecular complexity index is 922. The molecule has 1 heterocycles. The summed E-state index contributed by atoms with van der Waals surface area (Å²) in [6.07, 6.45) is 1.73. The van der Waals surface area contributed by atoms with Crippen molar-refractivity contribution in [3.63, 3.8) is 0 Å². The minimum Gasteiger partial charge on any atom is -0.366 e. The van der Waals surface area contributed by atoms with Gasteiger partial charge in [0.05, 0.1) is 0 Å². The van der Waals surface area contributed by atoms with E-state index in [1.807, 2.05) is 61.5 Å². The molecule has 5 nitrogen and oxygen atoms in total. The van der Waals surface area contributed by atoms with Crippen molar-refractivity contribution in [2.45, 2.75) is 6.92 Å². The summed E-state index contributed by atoms with van der Waals surface area (Å²) in [4.78, 5) is 21.7. The van der Waals surface area contributed by atoms with E-state index in [2.05, 4.69) is 27.2 Å². The summed E-state index contributed by atoms with van der Waals surface area (Å²) >= 11 is 0. The summed E-state index contributed by atoms with van der Waals surface area (Å²) in [7, 11) is 0. The van der Waals surface area contributed by atoms with Gasteiger partial charge in [0.25, 0.3) is 5.91 Å². The molecule has 0 bridgehead atoms. The number of rotatable bonds is 6. The van der Waals surface area contributed by atoms with Gasteiger partial charge >= 0.3 is 0 Å². The molecule has 3 rings (SSSR count). The van der Waals surface area contributed by atoms with E-state index in [0.29, 0.717) is 23.9 Å². The first-order valence-electron chi connectivity index (χ1n) is 8.33. The number of nitrogens with zero attached hydrogens (tertiary/aromatic N) is 2. The Balaban J connectivity index is 1.95. The SMILES string of the molecule is C=CCNc1cc(C(=O)Nc2ccccc2C)nc(-c2ccccc2)n1. The van der Waals surface area contributed by atoms with Gasteiger partial charge in [-0.3, -0.25) is 4.79 Å². The summed E-state index contributed by atoms with van der Waals surface area (Å²) in [6.45, 7) is 6.19. The van der Waals surface area contributed by atoms with Crippen molar-refractivity contribution in [3.05, 3.63) is 84.6 Å².